The van der Waals surface area contributed by atoms with Crippen LogP contribution in [0.4, 0.5) is 5.69 Å². The summed E-state index contributed by atoms with van der Waals surface area (Å²) in [6, 6.07) is 32.7. The molecule has 0 fully saturated rings. The molecule has 0 atom stereocenters. The highest BCUT2D eigenvalue weighted by atomic mass is 79.9. The van der Waals surface area contributed by atoms with Crippen molar-refractivity contribution in [3.8, 4) is 22.5 Å². The normalized spacial score (nSPS) is 11.2. The summed E-state index contributed by atoms with van der Waals surface area (Å²) in [7, 11) is -8.12. The number of nitrogens with zero attached hydrogens (tertiary/aromatic N) is 4. The first kappa shape index (κ1) is 46.7. The van der Waals surface area contributed by atoms with E-state index in [1.165, 1.54) is 36.7 Å². The predicted molar refractivity (Wildman–Crippen MR) is 250 cm³/mol. The molecule has 21 heteroatoms. The average molecular weight is 1030 g/mol. The van der Waals surface area contributed by atoms with Crippen LogP contribution in [0.3, 0.4) is 0 Å². The van der Waals surface area contributed by atoms with Gasteiger partial charge in [-0.3, -0.25) is 24.3 Å². The molecule has 63 heavy (non-hydrogen) atoms. The van der Waals surface area contributed by atoms with Crippen LogP contribution < -0.4 is 21.3 Å². The molecule has 0 bridgehead atoms. The third-order valence-electron chi connectivity index (χ3n) is 8.62. The Morgan fingerprint density at radius 2 is 1.00 bits per heavy atom. The maximum atomic E-state index is 13.4. The monoisotopic (exact) mass is 1020 g/mol. The fourth-order valence-electron chi connectivity index (χ4n) is 5.78. The number of anilines is 1. The van der Waals surface area contributed by atoms with Gasteiger partial charge >= 0.3 is 0 Å². The number of para-hydroxylation sites is 2. The predicted octanol–water partition coefficient (Wildman–Crippen LogP) is 9.30. The van der Waals surface area contributed by atoms with E-state index in [1.807, 2.05) is 0 Å². The molecule has 2 amide bonds. The Hall–Kier alpha value is -5.76. The highest BCUT2D eigenvalue weighted by Crippen LogP contribution is 2.37. The summed E-state index contributed by atoms with van der Waals surface area (Å²) in [6.45, 7) is 0. The van der Waals surface area contributed by atoms with Gasteiger partial charge < -0.3 is 11.5 Å². The molecule has 0 saturated carbocycles. The molecule has 0 aliphatic rings. The van der Waals surface area contributed by atoms with Crippen molar-refractivity contribution >= 4 is 122 Å². The second kappa shape index (κ2) is 19.7. The maximum Gasteiger partial charge on any atom is 0.267 e. The zero-order valence-electron chi connectivity index (χ0n) is 31.9. The quantitative estimate of drug-likeness (QED) is 0.112. The van der Waals surface area contributed by atoms with Gasteiger partial charge in [0, 0.05) is 38.8 Å². The molecule has 0 radical (unpaired) electrons. The van der Waals surface area contributed by atoms with Crippen molar-refractivity contribution in [1.29, 1.82) is 0 Å². The van der Waals surface area contributed by atoms with Gasteiger partial charge in [-0.25, -0.2) is 31.9 Å². The molecule has 14 nitrogen and oxygen atoms in total. The van der Waals surface area contributed by atoms with E-state index in [0.717, 1.165) is 4.47 Å². The van der Waals surface area contributed by atoms with Gasteiger partial charge in [-0.2, -0.15) is 0 Å². The van der Waals surface area contributed by atoms with Crippen molar-refractivity contribution < 1.29 is 26.4 Å². The standard InChI is InChI=1S/C21H14Cl2N4O3S.C15H10Cl2N2O2S.C6H5BrN2O/c22-15-6-2-1-5-14(15)20-18(10-12-4-3-7-16(23)19(12)26-20)31(29,30)27-13-8-9-25-17(11-13)21(24)28;16-11-6-2-1-5-10(11)15-13(22(18,20)21)8-9-4-3-7-12(17)14(9)19-15;7-4-1-2-9-5(3-4)6(8)10/h1-11H,(H2,24,28)(H,25,27);1-8H,(H2,18,20,21);1-3H,(H2,8,10). The van der Waals surface area contributed by atoms with E-state index >= 15 is 0 Å². The highest BCUT2D eigenvalue weighted by molar-refractivity contribution is 9.10. The summed E-state index contributed by atoms with van der Waals surface area (Å²) in [5, 5.41) is 7.97. The van der Waals surface area contributed by atoms with Crippen molar-refractivity contribution in [2.75, 3.05) is 4.72 Å². The highest BCUT2D eigenvalue weighted by Gasteiger charge is 2.25. The lowest BCUT2D eigenvalue weighted by Crippen LogP contribution is -2.17. The number of amides is 2. The number of nitrogens with one attached hydrogen (secondary N) is 1. The second-order valence-electron chi connectivity index (χ2n) is 12.9. The number of carbonyl (C=O) groups is 2. The van der Waals surface area contributed by atoms with Crippen LogP contribution >= 0.6 is 62.3 Å². The van der Waals surface area contributed by atoms with E-state index in [-0.39, 0.29) is 38.3 Å². The zero-order chi connectivity index (χ0) is 45.6. The number of rotatable bonds is 8. The van der Waals surface area contributed by atoms with Crippen LogP contribution in [0, 0.1) is 0 Å². The third kappa shape index (κ3) is 11.3. The Morgan fingerprint density at radius 3 is 1.46 bits per heavy atom. The van der Waals surface area contributed by atoms with Gasteiger partial charge in [-0.15, -0.1) is 0 Å². The number of hydrogen-bond donors (Lipinski definition) is 4. The van der Waals surface area contributed by atoms with Crippen LogP contribution in [0.1, 0.15) is 21.0 Å². The first-order valence-electron chi connectivity index (χ1n) is 17.7. The number of pyridine rings is 4. The number of primary amides is 2. The molecule has 0 aliphatic heterocycles. The van der Waals surface area contributed by atoms with E-state index in [1.54, 1.807) is 97.1 Å². The Kier molecular flexibility index (Phi) is 14.6. The minimum absolute atomic E-state index is 0.0741. The fraction of sp³-hybridized carbons (Fsp3) is 0. The Morgan fingerprint density at radius 1 is 0.556 bits per heavy atom. The number of aromatic nitrogens is 4. The topological polar surface area (TPSA) is 244 Å². The number of fused-ring (bicyclic) bond motifs is 2. The molecule has 320 valence electrons. The number of sulfonamides is 2. The molecule has 0 spiro atoms. The van der Waals surface area contributed by atoms with Gasteiger partial charge in [-0.1, -0.05) is 123 Å². The van der Waals surface area contributed by atoms with Gasteiger partial charge in [0.25, 0.3) is 21.8 Å². The van der Waals surface area contributed by atoms with Crippen molar-refractivity contribution in [2.45, 2.75) is 9.79 Å². The molecule has 0 saturated heterocycles. The first-order valence-corrected chi connectivity index (χ1v) is 23.1. The molecule has 4 heterocycles. The summed E-state index contributed by atoms with van der Waals surface area (Å²) in [6.07, 6.45) is 2.80. The number of primary sulfonamides is 1. The van der Waals surface area contributed by atoms with Gasteiger partial charge in [-0.05, 0) is 60.7 Å². The first-order chi connectivity index (χ1) is 29.8. The molecule has 0 unspecified atom stereocenters. The smallest absolute Gasteiger partial charge is 0.267 e. The van der Waals surface area contributed by atoms with E-state index in [2.05, 4.69) is 40.6 Å². The average Bonchev–Trinajstić information content (AvgIpc) is 3.24. The molecule has 4 aromatic heterocycles. The minimum atomic E-state index is -4.15. The van der Waals surface area contributed by atoms with Crippen molar-refractivity contribution in [2.24, 2.45) is 16.6 Å². The number of carbonyl (C=O) groups excluding carboxylic acids is 2. The van der Waals surface area contributed by atoms with Gasteiger partial charge in [0.15, 0.2) is 0 Å². The molecular weight excluding hydrogens is 998 g/mol. The summed E-state index contributed by atoms with van der Waals surface area (Å²) in [5.74, 6) is -1.29. The Balaban J connectivity index is 0.000000178. The Labute approximate surface area is 388 Å². The molecule has 8 rings (SSSR count). The van der Waals surface area contributed by atoms with Gasteiger partial charge in [0.2, 0.25) is 10.0 Å². The largest absolute Gasteiger partial charge is 0.364 e. The minimum Gasteiger partial charge on any atom is -0.364 e. The van der Waals surface area contributed by atoms with Crippen LogP contribution in [0.2, 0.25) is 20.1 Å². The molecule has 0 aliphatic carbocycles. The number of hydrogen-bond acceptors (Lipinski definition) is 10. The summed E-state index contributed by atoms with van der Waals surface area (Å²) >= 11 is 28.1. The number of nitrogens with two attached hydrogens (primary N) is 3. The van der Waals surface area contributed by atoms with Crippen LogP contribution in [0.25, 0.3) is 44.3 Å². The van der Waals surface area contributed by atoms with E-state index < -0.39 is 31.9 Å². The van der Waals surface area contributed by atoms with E-state index in [4.69, 9.17) is 63.0 Å². The molecule has 8 aromatic rings. The van der Waals surface area contributed by atoms with E-state index in [9.17, 15) is 26.4 Å². The summed E-state index contributed by atoms with van der Waals surface area (Å²) < 4.78 is 53.8. The number of benzene rings is 4. The lowest BCUT2D eigenvalue weighted by atomic mass is 10.1. The maximum absolute atomic E-state index is 13.4. The number of halogens is 5. The SMILES string of the molecule is NC(=O)c1cc(Br)ccn1.NC(=O)c1cc(NS(=O)(=O)c2cc3cccc(Cl)c3nc2-c2ccccc2Cl)ccn1.NS(=O)(=O)c1cc2cccc(Cl)c2nc1-c1ccccc1Cl. The molecule has 7 N–H and O–H groups in total. The zero-order valence-corrected chi connectivity index (χ0v) is 38.1. The van der Waals surface area contributed by atoms with Crippen LogP contribution in [-0.4, -0.2) is 48.6 Å². The summed E-state index contributed by atoms with van der Waals surface area (Å²) in [4.78, 5) is 38.2. The second-order valence-corrected chi connectivity index (χ2v) is 18.6. The van der Waals surface area contributed by atoms with Crippen molar-refractivity contribution in [3.05, 3.63) is 170 Å². The van der Waals surface area contributed by atoms with Crippen molar-refractivity contribution in [1.82, 2.24) is 19.9 Å². The Bertz CT molecular complexity index is 3310. The molecule has 4 aromatic carbocycles. The van der Waals surface area contributed by atoms with Crippen LogP contribution in [0.5, 0.6) is 0 Å². The van der Waals surface area contributed by atoms with Crippen LogP contribution in [-0.2, 0) is 20.0 Å². The van der Waals surface area contributed by atoms with Crippen LogP contribution in [0.15, 0.2) is 148 Å². The van der Waals surface area contributed by atoms with Gasteiger partial charge in [0.1, 0.15) is 21.2 Å². The fourth-order valence-corrected chi connectivity index (χ4v) is 8.97. The summed E-state index contributed by atoms with van der Waals surface area (Å²) in [5.41, 5.74) is 12.7. The van der Waals surface area contributed by atoms with Crippen molar-refractivity contribution in [3.63, 3.8) is 0 Å². The van der Waals surface area contributed by atoms with E-state index in [0.29, 0.717) is 53.0 Å². The lowest BCUT2D eigenvalue weighted by Gasteiger charge is -2.15. The molecular formula is C42H29BrCl4N8O6S2. The van der Waals surface area contributed by atoms with Gasteiger partial charge in [0.05, 0.1) is 48.2 Å². The lowest BCUT2D eigenvalue weighted by molar-refractivity contribution is 0.0987. The third-order valence-corrected chi connectivity index (χ3v) is 12.7.